The molecule has 2 aliphatic rings. The molecule has 2 aliphatic carbocycles. The monoisotopic (exact) mass is 260 g/mol. The highest BCUT2D eigenvalue weighted by molar-refractivity contribution is 5.85. The van der Waals surface area contributed by atoms with Gasteiger partial charge in [-0.1, -0.05) is 19.3 Å². The molecule has 0 saturated heterocycles. The second kappa shape index (κ2) is 6.60. The molecule has 2 atom stereocenters. The van der Waals surface area contributed by atoms with Gasteiger partial charge in [-0.15, -0.1) is 12.4 Å². The van der Waals surface area contributed by atoms with Gasteiger partial charge in [0.1, 0.15) is 0 Å². The van der Waals surface area contributed by atoms with Gasteiger partial charge < -0.3 is 10.6 Å². The van der Waals surface area contributed by atoms with Crippen molar-refractivity contribution >= 4 is 18.3 Å². The maximum Gasteiger partial charge on any atom is 0.225 e. The summed E-state index contributed by atoms with van der Waals surface area (Å²) >= 11 is 0. The zero-order valence-corrected chi connectivity index (χ0v) is 11.5. The number of halogens is 1. The van der Waals surface area contributed by atoms with Gasteiger partial charge in [0.05, 0.1) is 0 Å². The standard InChI is InChI=1S/C13H24N2O.ClH/c1-15(11-6-2-3-7-11)13(16)12-8-4-5-10(12)9-14;/h10-12H,2-9,14H2,1H3;1H/t10-,12-;/m1./s1. The van der Waals surface area contributed by atoms with E-state index < -0.39 is 0 Å². The van der Waals surface area contributed by atoms with Crippen LogP contribution in [-0.2, 0) is 4.79 Å². The normalized spacial score (nSPS) is 29.1. The van der Waals surface area contributed by atoms with Gasteiger partial charge >= 0.3 is 0 Å². The van der Waals surface area contributed by atoms with Gasteiger partial charge in [-0.25, -0.2) is 0 Å². The average Bonchev–Trinajstić information content (AvgIpc) is 2.97. The molecule has 17 heavy (non-hydrogen) atoms. The van der Waals surface area contributed by atoms with Crippen LogP contribution in [0.1, 0.15) is 44.9 Å². The highest BCUT2D eigenvalue weighted by atomic mass is 35.5. The number of hydrogen-bond acceptors (Lipinski definition) is 2. The molecule has 0 radical (unpaired) electrons. The van der Waals surface area contributed by atoms with Crippen LogP contribution in [0, 0.1) is 11.8 Å². The molecule has 0 aromatic rings. The fourth-order valence-corrected chi connectivity index (χ4v) is 3.38. The Kier molecular flexibility index (Phi) is 5.74. The number of rotatable bonds is 3. The fourth-order valence-electron chi connectivity index (χ4n) is 3.38. The maximum atomic E-state index is 12.4. The molecule has 2 N–H and O–H groups in total. The predicted octanol–water partition coefficient (Wildman–Crippen LogP) is 2.18. The number of nitrogens with zero attached hydrogens (tertiary/aromatic N) is 1. The lowest BCUT2D eigenvalue weighted by Crippen LogP contribution is -2.41. The van der Waals surface area contributed by atoms with Crippen LogP contribution in [0.4, 0.5) is 0 Å². The molecule has 0 aliphatic heterocycles. The van der Waals surface area contributed by atoms with Crippen molar-refractivity contribution in [3.63, 3.8) is 0 Å². The Morgan fingerprint density at radius 1 is 1.18 bits per heavy atom. The molecule has 0 bridgehead atoms. The first-order valence-corrected chi connectivity index (χ1v) is 6.70. The van der Waals surface area contributed by atoms with E-state index in [0.717, 1.165) is 12.8 Å². The average molecular weight is 261 g/mol. The SMILES string of the molecule is CN(C(=O)[C@@H]1CCC[C@@H]1CN)C1CCCC1.Cl. The molecule has 4 heteroatoms. The van der Waals surface area contributed by atoms with Crippen molar-refractivity contribution in [3.8, 4) is 0 Å². The molecule has 0 aromatic heterocycles. The second-order valence-electron chi connectivity index (χ2n) is 5.42. The first-order chi connectivity index (χ1) is 7.74. The lowest BCUT2D eigenvalue weighted by Gasteiger charge is -2.29. The summed E-state index contributed by atoms with van der Waals surface area (Å²) in [7, 11) is 1.99. The van der Waals surface area contributed by atoms with E-state index in [2.05, 4.69) is 0 Å². The van der Waals surface area contributed by atoms with E-state index >= 15 is 0 Å². The van der Waals surface area contributed by atoms with Gasteiger partial charge in [0.2, 0.25) is 5.91 Å². The zero-order chi connectivity index (χ0) is 11.5. The minimum Gasteiger partial charge on any atom is -0.343 e. The third-order valence-corrected chi connectivity index (χ3v) is 4.50. The van der Waals surface area contributed by atoms with E-state index in [1.54, 1.807) is 0 Å². The van der Waals surface area contributed by atoms with E-state index in [1.165, 1.54) is 32.1 Å². The van der Waals surface area contributed by atoms with Crippen LogP contribution in [0.15, 0.2) is 0 Å². The molecule has 0 aromatic carbocycles. The maximum absolute atomic E-state index is 12.4. The van der Waals surface area contributed by atoms with Crippen LogP contribution in [-0.4, -0.2) is 30.4 Å². The molecule has 3 nitrogen and oxygen atoms in total. The summed E-state index contributed by atoms with van der Waals surface area (Å²) in [6.45, 7) is 0.676. The Labute approximate surface area is 111 Å². The lowest BCUT2D eigenvalue weighted by atomic mass is 9.94. The Morgan fingerprint density at radius 2 is 1.82 bits per heavy atom. The third-order valence-electron chi connectivity index (χ3n) is 4.50. The summed E-state index contributed by atoms with van der Waals surface area (Å²) in [5.74, 6) is 1.02. The van der Waals surface area contributed by atoms with Crippen molar-refractivity contribution < 1.29 is 4.79 Å². The first-order valence-electron chi connectivity index (χ1n) is 6.70. The van der Waals surface area contributed by atoms with Crippen LogP contribution in [0.2, 0.25) is 0 Å². The Morgan fingerprint density at radius 3 is 2.41 bits per heavy atom. The van der Waals surface area contributed by atoms with Crippen molar-refractivity contribution in [3.05, 3.63) is 0 Å². The van der Waals surface area contributed by atoms with Crippen molar-refractivity contribution in [1.29, 1.82) is 0 Å². The number of amides is 1. The Balaban J connectivity index is 0.00000144. The van der Waals surface area contributed by atoms with Crippen LogP contribution in [0.3, 0.4) is 0 Å². The van der Waals surface area contributed by atoms with Crippen molar-refractivity contribution in [2.45, 2.75) is 51.0 Å². The number of nitrogens with two attached hydrogens (primary N) is 1. The van der Waals surface area contributed by atoms with Crippen LogP contribution >= 0.6 is 12.4 Å². The minimum absolute atomic E-state index is 0. The Hall–Kier alpha value is -0.280. The van der Waals surface area contributed by atoms with E-state index in [-0.39, 0.29) is 18.3 Å². The molecule has 0 spiro atoms. The summed E-state index contributed by atoms with van der Waals surface area (Å²) in [6.07, 6.45) is 8.34. The molecule has 0 unspecified atom stereocenters. The minimum atomic E-state index is 0. The van der Waals surface area contributed by atoms with Gasteiger partial charge in [0, 0.05) is 19.0 Å². The highest BCUT2D eigenvalue weighted by Crippen LogP contribution is 2.34. The smallest absolute Gasteiger partial charge is 0.225 e. The van der Waals surface area contributed by atoms with Crippen LogP contribution < -0.4 is 5.73 Å². The van der Waals surface area contributed by atoms with Crippen molar-refractivity contribution in [2.75, 3.05) is 13.6 Å². The quantitative estimate of drug-likeness (QED) is 0.846. The molecular formula is C13H25ClN2O. The number of carbonyl (C=O) groups is 1. The van der Waals surface area contributed by atoms with Crippen molar-refractivity contribution in [1.82, 2.24) is 4.90 Å². The van der Waals surface area contributed by atoms with Crippen LogP contribution in [0.5, 0.6) is 0 Å². The van der Waals surface area contributed by atoms with Gasteiger partial charge in [0.25, 0.3) is 0 Å². The molecule has 0 heterocycles. The van der Waals surface area contributed by atoms with E-state index in [4.69, 9.17) is 5.73 Å². The molecule has 100 valence electrons. The van der Waals surface area contributed by atoms with Gasteiger partial charge in [-0.05, 0) is 38.1 Å². The summed E-state index contributed by atoms with van der Waals surface area (Å²) in [5, 5.41) is 0. The van der Waals surface area contributed by atoms with E-state index in [0.29, 0.717) is 24.4 Å². The molecule has 2 rings (SSSR count). The predicted molar refractivity (Wildman–Crippen MR) is 72.2 cm³/mol. The van der Waals surface area contributed by atoms with E-state index in [9.17, 15) is 4.79 Å². The lowest BCUT2D eigenvalue weighted by molar-refractivity contribution is -0.137. The first kappa shape index (κ1) is 14.8. The number of carbonyl (C=O) groups excluding carboxylic acids is 1. The highest BCUT2D eigenvalue weighted by Gasteiger charge is 2.35. The summed E-state index contributed by atoms with van der Waals surface area (Å²) in [5.41, 5.74) is 5.74. The largest absolute Gasteiger partial charge is 0.343 e. The fraction of sp³-hybridized carbons (Fsp3) is 0.923. The number of hydrogen-bond donors (Lipinski definition) is 1. The second-order valence-corrected chi connectivity index (χ2v) is 5.42. The topological polar surface area (TPSA) is 46.3 Å². The van der Waals surface area contributed by atoms with Crippen LogP contribution in [0.25, 0.3) is 0 Å². The molecular weight excluding hydrogens is 236 g/mol. The summed E-state index contributed by atoms with van der Waals surface area (Å²) in [4.78, 5) is 14.4. The van der Waals surface area contributed by atoms with Gasteiger partial charge in [0.15, 0.2) is 0 Å². The Bertz CT molecular complexity index is 254. The van der Waals surface area contributed by atoms with Gasteiger partial charge in [-0.2, -0.15) is 0 Å². The molecule has 1 amide bonds. The summed E-state index contributed by atoms with van der Waals surface area (Å²) in [6, 6.07) is 0.506. The van der Waals surface area contributed by atoms with Gasteiger partial charge in [-0.3, -0.25) is 4.79 Å². The molecule has 2 fully saturated rings. The van der Waals surface area contributed by atoms with E-state index in [1.807, 2.05) is 11.9 Å². The zero-order valence-electron chi connectivity index (χ0n) is 10.7. The summed E-state index contributed by atoms with van der Waals surface area (Å²) < 4.78 is 0. The third kappa shape index (κ3) is 3.14. The molecule has 2 saturated carbocycles. The van der Waals surface area contributed by atoms with Crippen molar-refractivity contribution in [2.24, 2.45) is 17.6 Å².